The van der Waals surface area contributed by atoms with Gasteiger partial charge >= 0.3 is 0 Å². The molecule has 0 atom stereocenters. The van der Waals surface area contributed by atoms with Crippen molar-refractivity contribution >= 4 is 11.6 Å². The maximum absolute atomic E-state index is 9.27. The minimum atomic E-state index is -0.172. The summed E-state index contributed by atoms with van der Waals surface area (Å²) in [5.41, 5.74) is 2.63. The molecule has 2 aromatic rings. The van der Waals surface area contributed by atoms with E-state index in [-0.39, 0.29) is 12.3 Å². The van der Waals surface area contributed by atoms with E-state index in [1.54, 1.807) is 19.1 Å². The van der Waals surface area contributed by atoms with Crippen molar-refractivity contribution in [1.82, 2.24) is 15.2 Å². The monoisotopic (exact) mass is 248 g/mol. The van der Waals surface area contributed by atoms with E-state index in [1.807, 2.05) is 6.07 Å². The number of aliphatic hydroxyl groups is 1. The molecule has 2 rings (SSSR count). The van der Waals surface area contributed by atoms with Crippen LogP contribution in [0.5, 0.6) is 0 Å². The van der Waals surface area contributed by atoms with Crippen LogP contribution in [-0.2, 0) is 6.61 Å². The molecule has 2 heterocycles. The van der Waals surface area contributed by atoms with Gasteiger partial charge in [0.2, 0.25) is 0 Å². The van der Waals surface area contributed by atoms with Crippen LogP contribution in [0.25, 0.3) is 11.3 Å². The van der Waals surface area contributed by atoms with E-state index < -0.39 is 0 Å². The number of aryl methyl sites for hydroxylation is 1. The molecule has 17 heavy (non-hydrogen) atoms. The first-order valence-corrected chi connectivity index (χ1v) is 5.27. The molecule has 0 amide bonds. The van der Waals surface area contributed by atoms with Crippen LogP contribution in [0.4, 0.5) is 0 Å². The first-order chi connectivity index (χ1) is 8.17. The Hall–Kier alpha value is -1.90. The van der Waals surface area contributed by atoms with Gasteiger partial charge in [0.1, 0.15) is 11.2 Å². The molecule has 0 radical (unpaired) electrons. The zero-order valence-electron chi connectivity index (χ0n) is 9.03. The topological polar surface area (TPSA) is 85.6 Å². The molecule has 0 aliphatic rings. The van der Waals surface area contributed by atoms with Gasteiger partial charge in [-0.1, -0.05) is 17.7 Å². The second kappa shape index (κ2) is 4.53. The number of hydrogen-bond donors (Lipinski definition) is 2. The van der Waals surface area contributed by atoms with Crippen molar-refractivity contribution in [3.8, 4) is 17.3 Å². The van der Waals surface area contributed by atoms with Crippen LogP contribution in [0.1, 0.15) is 17.0 Å². The van der Waals surface area contributed by atoms with E-state index in [2.05, 4.69) is 15.2 Å². The number of H-pyrrole nitrogens is 1. The summed E-state index contributed by atoms with van der Waals surface area (Å²) >= 11 is 5.83. The lowest BCUT2D eigenvalue weighted by atomic mass is 10.0. The molecule has 0 saturated carbocycles. The highest BCUT2D eigenvalue weighted by atomic mass is 35.5. The molecule has 0 bridgehead atoms. The average molecular weight is 249 g/mol. The summed E-state index contributed by atoms with van der Waals surface area (Å²) < 4.78 is 0. The van der Waals surface area contributed by atoms with Crippen molar-refractivity contribution in [2.24, 2.45) is 0 Å². The Morgan fingerprint density at radius 2 is 2.29 bits per heavy atom. The van der Waals surface area contributed by atoms with Crippen LogP contribution >= 0.6 is 11.6 Å². The van der Waals surface area contributed by atoms with E-state index >= 15 is 0 Å². The van der Waals surface area contributed by atoms with Gasteiger partial charge in [-0.15, -0.1) is 0 Å². The van der Waals surface area contributed by atoms with Gasteiger partial charge in [0.15, 0.2) is 5.69 Å². The predicted octanol–water partition coefficient (Wildman–Crippen LogP) is 1.80. The Kier molecular flexibility index (Phi) is 3.09. The Balaban J connectivity index is 2.71. The smallest absolute Gasteiger partial charge is 0.171 e. The third kappa shape index (κ3) is 2.00. The number of nitrogens with one attached hydrogen (secondary N) is 1. The molecule has 0 aliphatic carbocycles. The number of nitriles is 1. The highest BCUT2D eigenvalue weighted by Crippen LogP contribution is 2.28. The number of pyridine rings is 1. The van der Waals surface area contributed by atoms with Gasteiger partial charge in [0, 0.05) is 11.3 Å². The molecule has 0 fully saturated rings. The van der Waals surface area contributed by atoms with Gasteiger partial charge in [-0.05, 0) is 13.0 Å². The second-order valence-corrected chi connectivity index (χ2v) is 3.87. The fourth-order valence-corrected chi connectivity index (χ4v) is 1.76. The Labute approximate surface area is 103 Å². The third-order valence-corrected chi connectivity index (χ3v) is 2.62. The van der Waals surface area contributed by atoms with Crippen molar-refractivity contribution < 1.29 is 5.11 Å². The molecule has 2 aromatic heterocycles. The van der Waals surface area contributed by atoms with Gasteiger partial charge in [-0.2, -0.15) is 10.4 Å². The molecule has 0 aliphatic heterocycles. The fourth-order valence-electron chi connectivity index (χ4n) is 1.61. The molecule has 2 N–H and O–H groups in total. The molecule has 6 heteroatoms. The quantitative estimate of drug-likeness (QED) is 0.794. The van der Waals surface area contributed by atoms with Crippen LogP contribution in [0.3, 0.4) is 0 Å². The van der Waals surface area contributed by atoms with Gasteiger partial charge in [-0.3, -0.25) is 5.10 Å². The van der Waals surface area contributed by atoms with Gasteiger partial charge < -0.3 is 5.11 Å². The van der Waals surface area contributed by atoms with Crippen LogP contribution in [0, 0.1) is 18.3 Å². The lowest BCUT2D eigenvalue weighted by Gasteiger charge is -2.06. The first-order valence-electron chi connectivity index (χ1n) is 4.89. The molecule has 0 unspecified atom stereocenters. The lowest BCUT2D eigenvalue weighted by molar-refractivity contribution is 0.282. The summed E-state index contributed by atoms with van der Waals surface area (Å²) in [5.74, 6) is 0. The van der Waals surface area contributed by atoms with Crippen molar-refractivity contribution in [3.05, 3.63) is 34.2 Å². The minimum Gasteiger partial charge on any atom is -0.392 e. The standard InChI is InChI=1S/C11H9ClN4O/c1-6-10(8(4-13)16-15-6)11-7(5-17)2-3-9(12)14-11/h2-3,17H,5H2,1H3,(H,15,16). The molecular weight excluding hydrogens is 240 g/mol. The van der Waals surface area contributed by atoms with Crippen LogP contribution < -0.4 is 0 Å². The highest BCUT2D eigenvalue weighted by Gasteiger charge is 2.17. The summed E-state index contributed by atoms with van der Waals surface area (Å²) in [4.78, 5) is 4.15. The number of rotatable bonds is 2. The van der Waals surface area contributed by atoms with Gasteiger partial charge in [-0.25, -0.2) is 4.98 Å². The second-order valence-electron chi connectivity index (χ2n) is 3.48. The van der Waals surface area contributed by atoms with Crippen molar-refractivity contribution in [1.29, 1.82) is 5.26 Å². The number of hydrogen-bond acceptors (Lipinski definition) is 4. The van der Waals surface area contributed by atoms with Gasteiger partial charge in [0.05, 0.1) is 17.9 Å². The molecule has 0 saturated heterocycles. The number of aromatic nitrogens is 3. The lowest BCUT2D eigenvalue weighted by Crippen LogP contribution is -1.95. The average Bonchev–Trinajstić information content (AvgIpc) is 2.70. The summed E-state index contributed by atoms with van der Waals surface area (Å²) in [6.45, 7) is 1.61. The SMILES string of the molecule is Cc1[nH]nc(C#N)c1-c1nc(Cl)ccc1CO. The normalized spacial score (nSPS) is 10.2. The van der Waals surface area contributed by atoms with E-state index in [4.69, 9.17) is 16.9 Å². The predicted molar refractivity (Wildman–Crippen MR) is 62.2 cm³/mol. The molecular formula is C11H9ClN4O. The zero-order valence-corrected chi connectivity index (χ0v) is 9.78. The molecule has 5 nitrogen and oxygen atoms in total. The Morgan fingerprint density at radius 3 is 2.94 bits per heavy atom. The van der Waals surface area contributed by atoms with Crippen LogP contribution in [-0.4, -0.2) is 20.3 Å². The van der Waals surface area contributed by atoms with Gasteiger partial charge in [0.25, 0.3) is 0 Å². The van der Waals surface area contributed by atoms with E-state index in [9.17, 15) is 5.11 Å². The number of aliphatic hydroxyl groups excluding tert-OH is 1. The first kappa shape index (κ1) is 11.6. The van der Waals surface area contributed by atoms with Crippen molar-refractivity contribution in [3.63, 3.8) is 0 Å². The Bertz CT molecular complexity index is 600. The largest absolute Gasteiger partial charge is 0.392 e. The number of halogens is 1. The molecule has 0 aromatic carbocycles. The summed E-state index contributed by atoms with van der Waals surface area (Å²) in [5, 5.41) is 25.1. The maximum Gasteiger partial charge on any atom is 0.171 e. The van der Waals surface area contributed by atoms with Crippen LogP contribution in [0.15, 0.2) is 12.1 Å². The van der Waals surface area contributed by atoms with Crippen molar-refractivity contribution in [2.75, 3.05) is 0 Å². The van der Waals surface area contributed by atoms with Crippen LogP contribution in [0.2, 0.25) is 5.15 Å². The van der Waals surface area contributed by atoms with Crippen molar-refractivity contribution in [2.45, 2.75) is 13.5 Å². The highest BCUT2D eigenvalue weighted by molar-refractivity contribution is 6.29. The maximum atomic E-state index is 9.27. The third-order valence-electron chi connectivity index (χ3n) is 2.41. The van der Waals surface area contributed by atoms with E-state index in [0.717, 1.165) is 0 Å². The molecule has 86 valence electrons. The Morgan fingerprint density at radius 1 is 1.53 bits per heavy atom. The van der Waals surface area contributed by atoms with E-state index in [1.165, 1.54) is 0 Å². The summed E-state index contributed by atoms with van der Waals surface area (Å²) in [6, 6.07) is 5.25. The number of aromatic amines is 1. The zero-order chi connectivity index (χ0) is 12.4. The fraction of sp³-hybridized carbons (Fsp3) is 0.182. The number of nitrogens with zero attached hydrogens (tertiary/aromatic N) is 3. The van der Waals surface area contributed by atoms with E-state index in [0.29, 0.717) is 27.7 Å². The summed E-state index contributed by atoms with van der Waals surface area (Å²) in [6.07, 6.45) is 0. The minimum absolute atomic E-state index is 0.172. The molecule has 0 spiro atoms. The summed E-state index contributed by atoms with van der Waals surface area (Å²) in [7, 11) is 0.